The number of hydrogen-bond acceptors (Lipinski definition) is 2. The van der Waals surface area contributed by atoms with Crippen LogP contribution in [-0.2, 0) is 17.1 Å². The Balaban J connectivity index is 1.95. The van der Waals surface area contributed by atoms with Gasteiger partial charge in [-0.25, -0.2) is 8.42 Å². The molecular weight excluding hydrogens is 184 g/mol. The van der Waals surface area contributed by atoms with Crippen molar-refractivity contribution >= 4 is 10.7 Å². The van der Waals surface area contributed by atoms with E-state index in [4.69, 9.17) is 0 Å². The standard InChI is InChI=1S/C10H12O2S/c11-13(12)10-7-9(10)6-8-4-2-1-3-5-8/h1-5,9-10,13H,6-7H2. The maximum atomic E-state index is 10.6. The number of rotatable bonds is 3. The van der Waals surface area contributed by atoms with Gasteiger partial charge in [0.15, 0.2) is 0 Å². The Morgan fingerprint density at radius 3 is 2.46 bits per heavy atom. The largest absolute Gasteiger partial charge is 0.232 e. The van der Waals surface area contributed by atoms with Crippen molar-refractivity contribution < 1.29 is 8.42 Å². The van der Waals surface area contributed by atoms with Gasteiger partial charge in [-0.2, -0.15) is 0 Å². The van der Waals surface area contributed by atoms with Crippen LogP contribution in [0.3, 0.4) is 0 Å². The van der Waals surface area contributed by atoms with Crippen molar-refractivity contribution in [2.24, 2.45) is 5.92 Å². The van der Waals surface area contributed by atoms with E-state index in [-0.39, 0.29) is 5.25 Å². The van der Waals surface area contributed by atoms with Crippen LogP contribution in [0.4, 0.5) is 0 Å². The van der Waals surface area contributed by atoms with Crippen LogP contribution in [0, 0.1) is 5.92 Å². The van der Waals surface area contributed by atoms with Crippen LogP contribution in [0.1, 0.15) is 12.0 Å². The third-order valence-electron chi connectivity index (χ3n) is 2.50. The van der Waals surface area contributed by atoms with Crippen molar-refractivity contribution in [3.05, 3.63) is 35.9 Å². The van der Waals surface area contributed by atoms with Gasteiger partial charge >= 0.3 is 0 Å². The molecule has 1 aromatic carbocycles. The van der Waals surface area contributed by atoms with E-state index >= 15 is 0 Å². The summed E-state index contributed by atoms with van der Waals surface area (Å²) < 4.78 is 21.2. The predicted molar refractivity (Wildman–Crippen MR) is 52.4 cm³/mol. The highest BCUT2D eigenvalue weighted by atomic mass is 32.2. The number of benzene rings is 1. The van der Waals surface area contributed by atoms with Gasteiger partial charge in [0.25, 0.3) is 0 Å². The summed E-state index contributed by atoms with van der Waals surface area (Å²) in [5, 5.41) is -0.0461. The summed E-state index contributed by atoms with van der Waals surface area (Å²) in [6, 6.07) is 10.1. The summed E-state index contributed by atoms with van der Waals surface area (Å²) in [4.78, 5) is 0. The maximum Gasteiger partial charge on any atom is 0.143 e. The number of thiol groups is 1. The van der Waals surface area contributed by atoms with Crippen molar-refractivity contribution in [1.29, 1.82) is 0 Å². The lowest BCUT2D eigenvalue weighted by Gasteiger charge is -1.96. The molecule has 0 aromatic heterocycles. The summed E-state index contributed by atoms with van der Waals surface area (Å²) in [6.07, 6.45) is 1.77. The molecule has 1 aliphatic carbocycles. The zero-order valence-electron chi connectivity index (χ0n) is 7.22. The monoisotopic (exact) mass is 196 g/mol. The lowest BCUT2D eigenvalue weighted by atomic mass is 10.1. The first-order valence-corrected chi connectivity index (χ1v) is 5.69. The van der Waals surface area contributed by atoms with Crippen molar-refractivity contribution in [3.63, 3.8) is 0 Å². The summed E-state index contributed by atoms with van der Waals surface area (Å²) in [6.45, 7) is 0. The molecule has 2 unspecified atom stereocenters. The number of hydrogen-bond donors (Lipinski definition) is 1. The molecule has 2 atom stereocenters. The highest BCUT2D eigenvalue weighted by Gasteiger charge is 2.39. The van der Waals surface area contributed by atoms with Gasteiger partial charge in [0, 0.05) is 0 Å². The second-order valence-corrected chi connectivity index (χ2v) is 4.77. The van der Waals surface area contributed by atoms with Gasteiger partial charge in [0.1, 0.15) is 10.7 Å². The molecular formula is C10H12O2S. The Labute approximate surface area is 79.5 Å². The van der Waals surface area contributed by atoms with E-state index in [1.807, 2.05) is 30.3 Å². The van der Waals surface area contributed by atoms with Crippen molar-refractivity contribution in [1.82, 2.24) is 0 Å². The molecule has 0 amide bonds. The lowest BCUT2D eigenvalue weighted by molar-refractivity contribution is 0.610. The normalized spacial score (nSPS) is 26.2. The first kappa shape index (κ1) is 8.75. The van der Waals surface area contributed by atoms with Gasteiger partial charge in [0.05, 0.1) is 5.25 Å². The Morgan fingerprint density at radius 1 is 1.23 bits per heavy atom. The minimum Gasteiger partial charge on any atom is -0.232 e. The van der Waals surface area contributed by atoms with Crippen LogP contribution in [0.15, 0.2) is 30.3 Å². The molecule has 0 saturated heterocycles. The molecule has 1 aliphatic rings. The SMILES string of the molecule is O=[SH](=O)C1CC1Cc1ccccc1. The molecule has 0 N–H and O–H groups in total. The van der Waals surface area contributed by atoms with Crippen molar-refractivity contribution in [2.45, 2.75) is 18.1 Å². The van der Waals surface area contributed by atoms with Gasteiger partial charge < -0.3 is 0 Å². The second-order valence-electron chi connectivity index (χ2n) is 3.54. The minimum atomic E-state index is -2.18. The van der Waals surface area contributed by atoms with Crippen LogP contribution in [0.25, 0.3) is 0 Å². The van der Waals surface area contributed by atoms with Gasteiger partial charge in [0.2, 0.25) is 0 Å². The zero-order valence-corrected chi connectivity index (χ0v) is 8.11. The molecule has 0 bridgehead atoms. The topological polar surface area (TPSA) is 34.1 Å². The highest BCUT2D eigenvalue weighted by Crippen LogP contribution is 2.36. The molecule has 1 saturated carbocycles. The Bertz CT molecular complexity index is 348. The average molecular weight is 196 g/mol. The predicted octanol–water partition coefficient (Wildman–Crippen LogP) is 1.23. The fraction of sp³-hybridized carbons (Fsp3) is 0.400. The second kappa shape index (κ2) is 3.50. The highest BCUT2D eigenvalue weighted by molar-refractivity contribution is 7.73. The van der Waals surface area contributed by atoms with Crippen LogP contribution >= 0.6 is 0 Å². The molecule has 0 heterocycles. The summed E-state index contributed by atoms with van der Waals surface area (Å²) in [5.41, 5.74) is 1.24. The molecule has 1 fully saturated rings. The molecule has 2 nitrogen and oxygen atoms in total. The quantitative estimate of drug-likeness (QED) is 0.738. The smallest absolute Gasteiger partial charge is 0.143 e. The molecule has 3 heteroatoms. The molecule has 1 aromatic rings. The van der Waals surface area contributed by atoms with Crippen molar-refractivity contribution in [2.75, 3.05) is 0 Å². The van der Waals surface area contributed by atoms with E-state index < -0.39 is 10.7 Å². The van der Waals surface area contributed by atoms with Gasteiger partial charge in [-0.3, -0.25) is 0 Å². The summed E-state index contributed by atoms with van der Waals surface area (Å²) in [7, 11) is -2.18. The van der Waals surface area contributed by atoms with Crippen LogP contribution in [-0.4, -0.2) is 13.7 Å². The lowest BCUT2D eigenvalue weighted by Crippen LogP contribution is -1.94. The molecule has 0 radical (unpaired) electrons. The van der Waals surface area contributed by atoms with Gasteiger partial charge in [-0.15, -0.1) is 0 Å². The fourth-order valence-corrected chi connectivity index (χ4v) is 2.52. The molecule has 0 aliphatic heterocycles. The van der Waals surface area contributed by atoms with Crippen LogP contribution < -0.4 is 0 Å². The van der Waals surface area contributed by atoms with Crippen molar-refractivity contribution in [3.8, 4) is 0 Å². The van der Waals surface area contributed by atoms with Crippen LogP contribution in [0.5, 0.6) is 0 Å². The zero-order chi connectivity index (χ0) is 9.26. The Kier molecular flexibility index (Phi) is 2.36. The van der Waals surface area contributed by atoms with E-state index in [9.17, 15) is 8.42 Å². The van der Waals surface area contributed by atoms with E-state index in [1.54, 1.807) is 0 Å². The first-order chi connectivity index (χ1) is 6.27. The fourth-order valence-electron chi connectivity index (χ4n) is 1.63. The minimum absolute atomic E-state index is 0.0461. The molecule has 0 spiro atoms. The first-order valence-electron chi connectivity index (χ1n) is 4.45. The van der Waals surface area contributed by atoms with E-state index in [0.717, 1.165) is 12.8 Å². The Morgan fingerprint density at radius 2 is 1.92 bits per heavy atom. The average Bonchev–Trinajstić information content (AvgIpc) is 2.86. The molecule has 2 rings (SSSR count). The summed E-state index contributed by atoms with van der Waals surface area (Å²) in [5.74, 6) is 0.378. The van der Waals surface area contributed by atoms with E-state index in [2.05, 4.69) is 0 Å². The van der Waals surface area contributed by atoms with Crippen LogP contribution in [0.2, 0.25) is 0 Å². The van der Waals surface area contributed by atoms with E-state index in [1.165, 1.54) is 5.56 Å². The van der Waals surface area contributed by atoms with Gasteiger partial charge in [-0.1, -0.05) is 30.3 Å². The van der Waals surface area contributed by atoms with Gasteiger partial charge in [-0.05, 0) is 24.3 Å². The summed E-state index contributed by atoms with van der Waals surface area (Å²) >= 11 is 0. The molecule has 13 heavy (non-hydrogen) atoms. The van der Waals surface area contributed by atoms with E-state index in [0.29, 0.717) is 5.92 Å². The third-order valence-corrected chi connectivity index (χ3v) is 3.67. The maximum absolute atomic E-state index is 10.6. The third kappa shape index (κ3) is 2.10. The molecule has 70 valence electrons. The Hall–Kier alpha value is -0.830.